The normalized spacial score (nSPS) is 26.4. The summed E-state index contributed by atoms with van der Waals surface area (Å²) in [6, 6.07) is 3.64. The zero-order valence-electron chi connectivity index (χ0n) is 8.02. The van der Waals surface area contributed by atoms with E-state index >= 15 is 0 Å². The van der Waals surface area contributed by atoms with Gasteiger partial charge in [-0.1, -0.05) is 6.42 Å². The molecule has 3 heteroatoms. The number of Topliss-reactive ketones (excluding diaryl/α,β-unsaturated/α-hetero) is 1. The SMILES string of the molecule is NC1CCCC1C(=O)c1cccnc1. The Hall–Kier alpha value is -1.22. The molecule has 0 amide bonds. The third kappa shape index (κ3) is 1.68. The van der Waals surface area contributed by atoms with Gasteiger partial charge >= 0.3 is 0 Å². The molecule has 0 radical (unpaired) electrons. The molecule has 2 N–H and O–H groups in total. The smallest absolute Gasteiger partial charge is 0.169 e. The fraction of sp³-hybridized carbons (Fsp3) is 0.455. The molecule has 2 unspecified atom stereocenters. The van der Waals surface area contributed by atoms with Crippen molar-refractivity contribution < 1.29 is 4.79 Å². The van der Waals surface area contributed by atoms with Gasteiger partial charge in [-0.05, 0) is 25.0 Å². The van der Waals surface area contributed by atoms with Crippen LogP contribution in [-0.2, 0) is 0 Å². The lowest BCUT2D eigenvalue weighted by Crippen LogP contribution is -2.30. The number of aromatic nitrogens is 1. The molecule has 0 aromatic carbocycles. The van der Waals surface area contributed by atoms with E-state index in [0.717, 1.165) is 19.3 Å². The third-order valence-corrected chi connectivity index (χ3v) is 2.85. The molecular formula is C11H14N2O. The molecule has 14 heavy (non-hydrogen) atoms. The van der Waals surface area contributed by atoms with E-state index in [-0.39, 0.29) is 17.7 Å². The Bertz CT molecular complexity index is 323. The number of pyridine rings is 1. The second-order valence-corrected chi connectivity index (χ2v) is 3.81. The number of nitrogens with zero attached hydrogens (tertiary/aromatic N) is 1. The van der Waals surface area contributed by atoms with Crippen LogP contribution in [-0.4, -0.2) is 16.8 Å². The van der Waals surface area contributed by atoms with Crippen molar-refractivity contribution >= 4 is 5.78 Å². The summed E-state index contributed by atoms with van der Waals surface area (Å²) in [4.78, 5) is 15.9. The van der Waals surface area contributed by atoms with E-state index in [2.05, 4.69) is 4.98 Å². The summed E-state index contributed by atoms with van der Waals surface area (Å²) in [5.74, 6) is 0.169. The highest BCUT2D eigenvalue weighted by Crippen LogP contribution is 2.26. The highest BCUT2D eigenvalue weighted by Gasteiger charge is 2.30. The van der Waals surface area contributed by atoms with Gasteiger partial charge in [0.05, 0.1) is 0 Å². The second-order valence-electron chi connectivity index (χ2n) is 3.81. The van der Waals surface area contributed by atoms with E-state index in [4.69, 9.17) is 5.73 Å². The number of carbonyl (C=O) groups excluding carboxylic acids is 1. The first kappa shape index (κ1) is 9.34. The highest BCUT2D eigenvalue weighted by atomic mass is 16.1. The van der Waals surface area contributed by atoms with Crippen LogP contribution in [0.2, 0.25) is 0 Å². The lowest BCUT2D eigenvalue weighted by molar-refractivity contribution is 0.0913. The summed E-state index contributed by atoms with van der Waals surface area (Å²) < 4.78 is 0. The fourth-order valence-corrected chi connectivity index (χ4v) is 2.04. The minimum absolute atomic E-state index is 0.0131. The zero-order valence-corrected chi connectivity index (χ0v) is 8.02. The summed E-state index contributed by atoms with van der Waals surface area (Å²) >= 11 is 0. The van der Waals surface area contributed by atoms with Crippen molar-refractivity contribution in [2.75, 3.05) is 0 Å². The maximum absolute atomic E-state index is 11.9. The van der Waals surface area contributed by atoms with Crippen LogP contribution in [0.4, 0.5) is 0 Å². The van der Waals surface area contributed by atoms with E-state index in [1.54, 1.807) is 24.5 Å². The summed E-state index contributed by atoms with van der Waals surface area (Å²) in [6.45, 7) is 0. The van der Waals surface area contributed by atoms with Crippen LogP contribution in [0.25, 0.3) is 0 Å². The highest BCUT2D eigenvalue weighted by molar-refractivity contribution is 5.98. The van der Waals surface area contributed by atoms with E-state index in [1.165, 1.54) is 0 Å². The van der Waals surface area contributed by atoms with E-state index < -0.39 is 0 Å². The number of rotatable bonds is 2. The van der Waals surface area contributed by atoms with Crippen molar-refractivity contribution in [1.29, 1.82) is 0 Å². The monoisotopic (exact) mass is 190 g/mol. The predicted octanol–water partition coefficient (Wildman–Crippen LogP) is 1.39. The van der Waals surface area contributed by atoms with Crippen molar-refractivity contribution in [3.8, 4) is 0 Å². The van der Waals surface area contributed by atoms with Crippen molar-refractivity contribution in [3.05, 3.63) is 30.1 Å². The van der Waals surface area contributed by atoms with Gasteiger partial charge in [-0.2, -0.15) is 0 Å². The number of carbonyl (C=O) groups is 1. The second kappa shape index (κ2) is 3.88. The molecule has 74 valence electrons. The largest absolute Gasteiger partial charge is 0.327 e. The van der Waals surface area contributed by atoms with Gasteiger partial charge in [0, 0.05) is 29.9 Å². The molecule has 0 saturated heterocycles. The van der Waals surface area contributed by atoms with Crippen LogP contribution in [0.3, 0.4) is 0 Å². The zero-order chi connectivity index (χ0) is 9.97. The molecule has 1 fully saturated rings. The Kier molecular flexibility index (Phi) is 2.59. The van der Waals surface area contributed by atoms with Gasteiger partial charge in [-0.3, -0.25) is 9.78 Å². The van der Waals surface area contributed by atoms with Gasteiger partial charge in [0.15, 0.2) is 5.78 Å². The molecule has 0 aliphatic heterocycles. The predicted molar refractivity (Wildman–Crippen MR) is 53.9 cm³/mol. The van der Waals surface area contributed by atoms with E-state index in [9.17, 15) is 4.79 Å². The summed E-state index contributed by atoms with van der Waals surface area (Å²) in [6.07, 6.45) is 6.25. The molecule has 2 rings (SSSR count). The summed E-state index contributed by atoms with van der Waals surface area (Å²) in [5.41, 5.74) is 6.57. The standard InChI is InChI=1S/C11H14N2O/c12-10-5-1-4-9(10)11(14)8-3-2-6-13-7-8/h2-3,6-7,9-10H,1,4-5,12H2. The number of nitrogens with two attached hydrogens (primary N) is 1. The van der Waals surface area contributed by atoms with Gasteiger partial charge in [-0.15, -0.1) is 0 Å². The first-order valence-corrected chi connectivity index (χ1v) is 4.99. The van der Waals surface area contributed by atoms with Crippen molar-refractivity contribution in [1.82, 2.24) is 4.98 Å². The molecular weight excluding hydrogens is 176 g/mol. The Labute approximate surface area is 83.3 Å². The summed E-state index contributed by atoms with van der Waals surface area (Å²) in [5, 5.41) is 0. The molecule has 1 saturated carbocycles. The fourth-order valence-electron chi connectivity index (χ4n) is 2.04. The molecule has 1 aliphatic rings. The van der Waals surface area contributed by atoms with Crippen LogP contribution in [0.5, 0.6) is 0 Å². The van der Waals surface area contributed by atoms with Gasteiger partial charge in [0.25, 0.3) is 0 Å². The molecule has 1 aliphatic carbocycles. The van der Waals surface area contributed by atoms with Gasteiger partial charge < -0.3 is 5.73 Å². The first-order valence-electron chi connectivity index (χ1n) is 4.99. The van der Waals surface area contributed by atoms with Gasteiger partial charge in [-0.25, -0.2) is 0 Å². The number of hydrogen-bond donors (Lipinski definition) is 1. The average molecular weight is 190 g/mol. The van der Waals surface area contributed by atoms with Gasteiger partial charge in [0.1, 0.15) is 0 Å². The molecule has 3 nitrogen and oxygen atoms in total. The molecule has 1 aromatic rings. The minimum Gasteiger partial charge on any atom is -0.327 e. The Balaban J connectivity index is 2.16. The molecule has 1 aromatic heterocycles. The lowest BCUT2D eigenvalue weighted by atomic mass is 9.94. The average Bonchev–Trinajstić information content (AvgIpc) is 2.65. The van der Waals surface area contributed by atoms with Crippen LogP contribution >= 0.6 is 0 Å². The minimum atomic E-state index is 0.0131. The van der Waals surface area contributed by atoms with E-state index in [1.807, 2.05) is 0 Å². The van der Waals surface area contributed by atoms with Crippen LogP contribution in [0.1, 0.15) is 29.6 Å². The number of hydrogen-bond acceptors (Lipinski definition) is 3. The Morgan fingerprint density at radius 1 is 1.50 bits per heavy atom. The summed E-state index contributed by atoms with van der Waals surface area (Å²) in [7, 11) is 0. The lowest BCUT2D eigenvalue weighted by Gasteiger charge is -2.13. The number of ketones is 1. The van der Waals surface area contributed by atoms with Crippen LogP contribution < -0.4 is 5.73 Å². The Morgan fingerprint density at radius 2 is 2.36 bits per heavy atom. The van der Waals surface area contributed by atoms with Crippen LogP contribution in [0, 0.1) is 5.92 Å². The van der Waals surface area contributed by atoms with E-state index in [0.29, 0.717) is 5.56 Å². The van der Waals surface area contributed by atoms with Crippen molar-refractivity contribution in [2.45, 2.75) is 25.3 Å². The van der Waals surface area contributed by atoms with Crippen LogP contribution in [0.15, 0.2) is 24.5 Å². The molecule has 1 heterocycles. The molecule has 0 bridgehead atoms. The van der Waals surface area contributed by atoms with Crippen molar-refractivity contribution in [3.63, 3.8) is 0 Å². The maximum Gasteiger partial charge on any atom is 0.169 e. The first-order chi connectivity index (χ1) is 6.79. The third-order valence-electron chi connectivity index (χ3n) is 2.85. The molecule has 0 spiro atoms. The molecule has 2 atom stereocenters. The Morgan fingerprint density at radius 3 is 2.93 bits per heavy atom. The topological polar surface area (TPSA) is 56.0 Å². The quantitative estimate of drug-likeness (QED) is 0.717. The van der Waals surface area contributed by atoms with Crippen molar-refractivity contribution in [2.24, 2.45) is 11.7 Å². The maximum atomic E-state index is 11.9. The van der Waals surface area contributed by atoms with Gasteiger partial charge in [0.2, 0.25) is 0 Å².